The summed E-state index contributed by atoms with van der Waals surface area (Å²) in [4.78, 5) is 50.0. The predicted octanol–water partition coefficient (Wildman–Crippen LogP) is 2.18. The molecule has 1 heterocycles. The van der Waals surface area contributed by atoms with Gasteiger partial charge in [0.25, 0.3) is 5.91 Å². The minimum Gasteiger partial charge on any atom is -0.496 e. The standard InChI is InChI=1S/C23H25N3O6/c1-4-23(17-9-10-18(32-3)14(2)11-17)21(30)26(22(31)25-23)13-19(27)24-12-15-5-7-16(8-6-15)20(28)29/h5-11H,4,12-13H2,1-3H3,(H,24,27)(H,25,31)(H,28,29). The number of hydrogen-bond acceptors (Lipinski definition) is 5. The maximum atomic E-state index is 13.2. The van der Waals surface area contributed by atoms with Gasteiger partial charge in [0.05, 0.1) is 12.7 Å². The largest absolute Gasteiger partial charge is 0.496 e. The molecule has 4 amide bonds. The van der Waals surface area contributed by atoms with E-state index in [0.717, 1.165) is 10.5 Å². The highest BCUT2D eigenvalue weighted by Gasteiger charge is 2.51. The number of carbonyl (C=O) groups is 4. The van der Waals surface area contributed by atoms with Gasteiger partial charge in [0, 0.05) is 6.54 Å². The molecule has 0 radical (unpaired) electrons. The van der Waals surface area contributed by atoms with E-state index >= 15 is 0 Å². The summed E-state index contributed by atoms with van der Waals surface area (Å²) in [7, 11) is 1.56. The van der Waals surface area contributed by atoms with Crippen LogP contribution in [0.1, 0.15) is 40.4 Å². The van der Waals surface area contributed by atoms with Crippen molar-refractivity contribution in [3.8, 4) is 5.75 Å². The van der Waals surface area contributed by atoms with Crippen LogP contribution in [0.15, 0.2) is 42.5 Å². The van der Waals surface area contributed by atoms with E-state index < -0.39 is 35.9 Å². The first-order valence-corrected chi connectivity index (χ1v) is 10.1. The quantitative estimate of drug-likeness (QED) is 0.542. The third kappa shape index (κ3) is 4.27. The van der Waals surface area contributed by atoms with Crippen LogP contribution in [-0.2, 0) is 21.7 Å². The minimum absolute atomic E-state index is 0.138. The second-order valence-corrected chi connectivity index (χ2v) is 7.54. The molecule has 0 bridgehead atoms. The van der Waals surface area contributed by atoms with E-state index in [1.807, 2.05) is 6.92 Å². The molecule has 2 aromatic rings. The number of imide groups is 1. The molecule has 0 aliphatic carbocycles. The Hall–Kier alpha value is -3.88. The lowest BCUT2D eigenvalue weighted by molar-refractivity contribution is -0.135. The van der Waals surface area contributed by atoms with Crippen molar-refractivity contribution in [3.05, 3.63) is 64.7 Å². The molecular weight excluding hydrogens is 414 g/mol. The lowest BCUT2D eigenvalue weighted by atomic mass is 9.86. The molecule has 0 saturated carbocycles. The third-order valence-electron chi connectivity index (χ3n) is 5.59. The second-order valence-electron chi connectivity index (χ2n) is 7.54. The van der Waals surface area contributed by atoms with Gasteiger partial charge >= 0.3 is 12.0 Å². The van der Waals surface area contributed by atoms with Gasteiger partial charge in [0.2, 0.25) is 5.91 Å². The monoisotopic (exact) mass is 439 g/mol. The molecule has 1 unspecified atom stereocenters. The summed E-state index contributed by atoms with van der Waals surface area (Å²) in [6, 6.07) is 10.7. The van der Waals surface area contributed by atoms with Gasteiger partial charge in [-0.05, 0) is 54.3 Å². The van der Waals surface area contributed by atoms with E-state index in [4.69, 9.17) is 9.84 Å². The lowest BCUT2D eigenvalue weighted by Gasteiger charge is -2.26. The van der Waals surface area contributed by atoms with Crippen molar-refractivity contribution in [2.24, 2.45) is 0 Å². The molecule has 9 heteroatoms. The van der Waals surface area contributed by atoms with Crippen molar-refractivity contribution in [2.45, 2.75) is 32.4 Å². The Balaban J connectivity index is 1.70. The first kappa shape index (κ1) is 22.8. The number of amides is 4. The van der Waals surface area contributed by atoms with Crippen LogP contribution in [0.5, 0.6) is 5.75 Å². The summed E-state index contributed by atoms with van der Waals surface area (Å²) in [6.45, 7) is 3.36. The summed E-state index contributed by atoms with van der Waals surface area (Å²) >= 11 is 0. The van der Waals surface area contributed by atoms with Gasteiger partial charge in [-0.2, -0.15) is 0 Å². The summed E-state index contributed by atoms with van der Waals surface area (Å²) in [5.74, 6) is -1.36. The molecule has 32 heavy (non-hydrogen) atoms. The number of carboxylic acid groups (broad SMARTS) is 1. The van der Waals surface area contributed by atoms with Crippen LogP contribution in [0.25, 0.3) is 0 Å². The van der Waals surface area contributed by atoms with E-state index in [1.165, 1.54) is 12.1 Å². The fourth-order valence-corrected chi connectivity index (χ4v) is 3.72. The van der Waals surface area contributed by atoms with E-state index in [-0.39, 0.29) is 12.1 Å². The molecular formula is C23H25N3O6. The zero-order valence-electron chi connectivity index (χ0n) is 18.1. The Morgan fingerprint density at radius 2 is 1.84 bits per heavy atom. The molecule has 1 aliphatic rings. The minimum atomic E-state index is -1.25. The Morgan fingerprint density at radius 1 is 1.16 bits per heavy atom. The number of urea groups is 1. The highest BCUT2D eigenvalue weighted by molar-refractivity contribution is 6.09. The zero-order chi connectivity index (χ0) is 23.5. The van der Waals surface area contributed by atoms with Gasteiger partial charge in [0.15, 0.2) is 0 Å². The Morgan fingerprint density at radius 3 is 2.41 bits per heavy atom. The number of nitrogens with one attached hydrogen (secondary N) is 2. The number of hydrogen-bond donors (Lipinski definition) is 3. The van der Waals surface area contributed by atoms with Crippen molar-refractivity contribution < 1.29 is 29.0 Å². The molecule has 0 spiro atoms. The number of ether oxygens (including phenoxy) is 1. The third-order valence-corrected chi connectivity index (χ3v) is 5.59. The van der Waals surface area contributed by atoms with Crippen LogP contribution in [0.2, 0.25) is 0 Å². The van der Waals surface area contributed by atoms with Crippen LogP contribution in [-0.4, -0.2) is 47.5 Å². The number of nitrogens with zero attached hydrogens (tertiary/aromatic N) is 1. The summed E-state index contributed by atoms with van der Waals surface area (Å²) in [5.41, 5.74) is 1.03. The predicted molar refractivity (Wildman–Crippen MR) is 115 cm³/mol. The van der Waals surface area contributed by atoms with E-state index in [0.29, 0.717) is 23.3 Å². The first-order chi connectivity index (χ1) is 15.2. The Labute approximate surface area is 185 Å². The number of aromatic carboxylic acids is 1. The van der Waals surface area contributed by atoms with Crippen LogP contribution in [0.3, 0.4) is 0 Å². The highest BCUT2D eigenvalue weighted by Crippen LogP contribution is 2.34. The van der Waals surface area contributed by atoms with Gasteiger partial charge in [-0.3, -0.25) is 14.5 Å². The molecule has 9 nitrogen and oxygen atoms in total. The molecule has 1 atom stereocenters. The fraction of sp³-hybridized carbons (Fsp3) is 0.304. The van der Waals surface area contributed by atoms with E-state index in [2.05, 4.69) is 10.6 Å². The van der Waals surface area contributed by atoms with Crippen LogP contribution >= 0.6 is 0 Å². The maximum Gasteiger partial charge on any atom is 0.335 e. The van der Waals surface area contributed by atoms with Crippen molar-refractivity contribution in [1.29, 1.82) is 0 Å². The first-order valence-electron chi connectivity index (χ1n) is 10.1. The average molecular weight is 439 g/mol. The number of benzene rings is 2. The van der Waals surface area contributed by atoms with Crippen LogP contribution in [0, 0.1) is 6.92 Å². The summed E-state index contributed by atoms with van der Waals surface area (Å²) in [5, 5.41) is 14.3. The van der Waals surface area contributed by atoms with Gasteiger partial charge < -0.3 is 20.5 Å². The maximum absolute atomic E-state index is 13.2. The van der Waals surface area contributed by atoms with E-state index in [9.17, 15) is 19.2 Å². The molecule has 3 rings (SSSR count). The Kier molecular flexibility index (Phi) is 6.47. The van der Waals surface area contributed by atoms with Gasteiger partial charge in [-0.15, -0.1) is 0 Å². The fourth-order valence-electron chi connectivity index (χ4n) is 3.72. The number of rotatable bonds is 8. The SMILES string of the molecule is CCC1(c2ccc(OC)c(C)c2)NC(=O)N(CC(=O)NCc2ccc(C(=O)O)cc2)C1=O. The van der Waals surface area contributed by atoms with Crippen LogP contribution in [0.4, 0.5) is 4.79 Å². The molecule has 3 N–H and O–H groups in total. The van der Waals surface area contributed by atoms with Crippen LogP contribution < -0.4 is 15.4 Å². The molecule has 1 aliphatic heterocycles. The smallest absolute Gasteiger partial charge is 0.335 e. The van der Waals surface area contributed by atoms with Gasteiger partial charge in [-0.1, -0.05) is 25.1 Å². The second kappa shape index (κ2) is 9.09. The number of aryl methyl sites for hydroxylation is 1. The highest BCUT2D eigenvalue weighted by atomic mass is 16.5. The van der Waals surface area contributed by atoms with Crippen molar-refractivity contribution in [1.82, 2.24) is 15.5 Å². The van der Waals surface area contributed by atoms with Gasteiger partial charge in [0.1, 0.15) is 17.8 Å². The molecule has 1 saturated heterocycles. The summed E-state index contributed by atoms with van der Waals surface area (Å²) < 4.78 is 5.27. The zero-order valence-corrected chi connectivity index (χ0v) is 18.1. The van der Waals surface area contributed by atoms with Gasteiger partial charge in [-0.25, -0.2) is 9.59 Å². The summed E-state index contributed by atoms with van der Waals surface area (Å²) in [6.07, 6.45) is 0.317. The molecule has 2 aromatic carbocycles. The molecule has 168 valence electrons. The normalized spacial score (nSPS) is 17.8. The van der Waals surface area contributed by atoms with E-state index in [1.54, 1.807) is 44.4 Å². The molecule has 1 fully saturated rings. The number of carbonyl (C=O) groups excluding carboxylic acids is 3. The van der Waals surface area contributed by atoms with Crippen molar-refractivity contribution in [2.75, 3.05) is 13.7 Å². The molecule has 0 aromatic heterocycles. The number of carboxylic acids is 1. The topological polar surface area (TPSA) is 125 Å². The lowest BCUT2D eigenvalue weighted by Crippen LogP contribution is -2.44. The van der Waals surface area contributed by atoms with Crippen molar-refractivity contribution >= 4 is 23.8 Å². The number of methoxy groups -OCH3 is 1. The average Bonchev–Trinajstić information content (AvgIpc) is 3.03. The Bertz CT molecular complexity index is 1070. The van der Waals surface area contributed by atoms with Crippen molar-refractivity contribution in [3.63, 3.8) is 0 Å².